The van der Waals surface area contributed by atoms with E-state index in [0.29, 0.717) is 6.04 Å². The van der Waals surface area contributed by atoms with Crippen LogP contribution in [0.3, 0.4) is 0 Å². The van der Waals surface area contributed by atoms with E-state index in [1.165, 1.54) is 37.3 Å². The summed E-state index contributed by atoms with van der Waals surface area (Å²) in [5, 5.41) is 3.62. The summed E-state index contributed by atoms with van der Waals surface area (Å²) in [5.41, 5.74) is 2.51. The van der Waals surface area contributed by atoms with Crippen molar-refractivity contribution in [1.82, 2.24) is 25.1 Å². The molecular weight excluding hydrogens is 238 g/mol. The van der Waals surface area contributed by atoms with Crippen LogP contribution in [-0.2, 0) is 13.0 Å². The molecule has 0 spiro atoms. The van der Waals surface area contributed by atoms with Gasteiger partial charge in [0.05, 0.1) is 17.7 Å². The van der Waals surface area contributed by atoms with Crippen molar-refractivity contribution >= 4 is 0 Å². The molecule has 2 N–H and O–H groups in total. The Labute approximate surface area is 115 Å². The molecule has 19 heavy (non-hydrogen) atoms. The van der Waals surface area contributed by atoms with Gasteiger partial charge in [0.15, 0.2) is 0 Å². The lowest BCUT2D eigenvalue weighted by Gasteiger charge is -2.37. The predicted molar refractivity (Wildman–Crippen MR) is 76.1 cm³/mol. The lowest BCUT2D eigenvalue weighted by Crippen LogP contribution is -2.49. The Morgan fingerprint density at radius 3 is 3.00 bits per heavy atom. The van der Waals surface area contributed by atoms with Crippen LogP contribution < -0.4 is 5.32 Å². The highest BCUT2D eigenvalue weighted by molar-refractivity contribution is 5.16. The number of H-pyrrole nitrogens is 1. The number of piperidine rings is 1. The van der Waals surface area contributed by atoms with Gasteiger partial charge in [0.25, 0.3) is 0 Å². The number of likely N-dealkylation sites (tertiary alicyclic amines) is 1. The van der Waals surface area contributed by atoms with Crippen molar-refractivity contribution in [1.29, 1.82) is 0 Å². The van der Waals surface area contributed by atoms with Gasteiger partial charge in [-0.1, -0.05) is 0 Å². The molecule has 5 heteroatoms. The summed E-state index contributed by atoms with van der Waals surface area (Å²) in [6.07, 6.45) is 5.46. The Morgan fingerprint density at radius 1 is 1.42 bits per heavy atom. The SMILES string of the molecule is CN1CCC(N(C)CC2Cc3nc[nH]c3CN2)CC1. The number of aromatic amines is 1. The Bertz CT molecular complexity index is 408. The van der Waals surface area contributed by atoms with Crippen LogP contribution in [0.15, 0.2) is 6.33 Å². The number of hydrogen-bond acceptors (Lipinski definition) is 4. The quantitative estimate of drug-likeness (QED) is 0.831. The number of likely N-dealkylation sites (N-methyl/N-ethyl adjacent to an activating group) is 1. The van der Waals surface area contributed by atoms with Crippen LogP contribution in [0.2, 0.25) is 0 Å². The topological polar surface area (TPSA) is 47.2 Å². The second kappa shape index (κ2) is 5.61. The molecule has 2 aliphatic rings. The molecule has 1 aromatic heterocycles. The maximum Gasteiger partial charge on any atom is 0.0925 e. The van der Waals surface area contributed by atoms with Crippen LogP contribution >= 0.6 is 0 Å². The van der Waals surface area contributed by atoms with E-state index in [-0.39, 0.29) is 0 Å². The van der Waals surface area contributed by atoms with Gasteiger partial charge in [0.2, 0.25) is 0 Å². The number of fused-ring (bicyclic) bond motifs is 1. The highest BCUT2D eigenvalue weighted by Gasteiger charge is 2.25. The molecule has 0 bridgehead atoms. The fourth-order valence-electron chi connectivity index (χ4n) is 3.29. The van der Waals surface area contributed by atoms with E-state index in [9.17, 15) is 0 Å². The summed E-state index contributed by atoms with van der Waals surface area (Å²) in [6, 6.07) is 1.29. The van der Waals surface area contributed by atoms with Gasteiger partial charge < -0.3 is 20.1 Å². The molecule has 3 heterocycles. The summed E-state index contributed by atoms with van der Waals surface area (Å²) in [6.45, 7) is 4.52. The van der Waals surface area contributed by atoms with Gasteiger partial charge in [0, 0.05) is 31.6 Å². The highest BCUT2D eigenvalue weighted by Crippen LogP contribution is 2.17. The van der Waals surface area contributed by atoms with Crippen molar-refractivity contribution in [2.24, 2.45) is 0 Å². The molecule has 1 unspecified atom stereocenters. The van der Waals surface area contributed by atoms with E-state index in [2.05, 4.69) is 39.2 Å². The van der Waals surface area contributed by atoms with Crippen molar-refractivity contribution in [3.05, 3.63) is 17.7 Å². The third kappa shape index (κ3) is 2.99. The normalized spacial score (nSPS) is 25.7. The summed E-state index contributed by atoms with van der Waals surface area (Å²) in [4.78, 5) is 12.6. The first-order valence-corrected chi connectivity index (χ1v) is 7.35. The molecule has 2 aliphatic heterocycles. The summed E-state index contributed by atoms with van der Waals surface area (Å²) in [5.74, 6) is 0. The largest absolute Gasteiger partial charge is 0.347 e. The van der Waals surface area contributed by atoms with E-state index in [0.717, 1.165) is 25.6 Å². The Kier molecular flexibility index (Phi) is 3.86. The average Bonchev–Trinajstić information content (AvgIpc) is 2.87. The number of nitrogens with one attached hydrogen (secondary N) is 2. The Morgan fingerprint density at radius 2 is 2.21 bits per heavy atom. The molecule has 0 aliphatic carbocycles. The molecule has 1 atom stereocenters. The zero-order valence-corrected chi connectivity index (χ0v) is 12.0. The number of imidazole rings is 1. The van der Waals surface area contributed by atoms with Crippen LogP contribution in [-0.4, -0.2) is 65.6 Å². The first kappa shape index (κ1) is 13.1. The third-order valence-corrected chi connectivity index (χ3v) is 4.63. The fraction of sp³-hybridized carbons (Fsp3) is 0.786. The molecule has 1 aromatic rings. The minimum Gasteiger partial charge on any atom is -0.347 e. The molecule has 1 saturated heterocycles. The molecule has 0 amide bonds. The molecule has 1 fully saturated rings. The van der Waals surface area contributed by atoms with Gasteiger partial charge in [-0.15, -0.1) is 0 Å². The average molecular weight is 263 g/mol. The van der Waals surface area contributed by atoms with E-state index in [1.807, 2.05) is 6.33 Å². The van der Waals surface area contributed by atoms with Crippen molar-refractivity contribution in [3.63, 3.8) is 0 Å². The predicted octanol–water partition coefficient (Wildman–Crippen LogP) is 0.450. The van der Waals surface area contributed by atoms with Crippen LogP contribution in [0, 0.1) is 0 Å². The minimum absolute atomic E-state index is 0.542. The van der Waals surface area contributed by atoms with Gasteiger partial charge in [-0.05, 0) is 40.0 Å². The Balaban J connectivity index is 1.52. The van der Waals surface area contributed by atoms with Crippen LogP contribution in [0.4, 0.5) is 0 Å². The standard InChI is InChI=1S/C14H25N5/c1-18-5-3-12(4-6-18)19(2)9-11-7-13-14(8-15-11)17-10-16-13/h10-12,15H,3-9H2,1-2H3,(H,16,17). The van der Waals surface area contributed by atoms with Crippen LogP contribution in [0.5, 0.6) is 0 Å². The number of aromatic nitrogens is 2. The van der Waals surface area contributed by atoms with Gasteiger partial charge in [-0.3, -0.25) is 0 Å². The van der Waals surface area contributed by atoms with E-state index >= 15 is 0 Å². The summed E-state index contributed by atoms with van der Waals surface area (Å²) < 4.78 is 0. The molecule has 0 aromatic carbocycles. The van der Waals surface area contributed by atoms with Gasteiger partial charge in [0.1, 0.15) is 0 Å². The van der Waals surface area contributed by atoms with Crippen molar-refractivity contribution in [3.8, 4) is 0 Å². The second-order valence-electron chi connectivity index (χ2n) is 6.08. The Hall–Kier alpha value is -0.910. The smallest absolute Gasteiger partial charge is 0.0925 e. The van der Waals surface area contributed by atoms with E-state index in [4.69, 9.17) is 0 Å². The van der Waals surface area contributed by atoms with Crippen molar-refractivity contribution in [2.45, 2.75) is 37.9 Å². The first-order valence-electron chi connectivity index (χ1n) is 7.35. The zero-order valence-electron chi connectivity index (χ0n) is 12.0. The maximum absolute atomic E-state index is 4.42. The summed E-state index contributed by atoms with van der Waals surface area (Å²) in [7, 11) is 4.50. The van der Waals surface area contributed by atoms with E-state index < -0.39 is 0 Å². The van der Waals surface area contributed by atoms with Gasteiger partial charge in [-0.2, -0.15) is 0 Å². The lowest BCUT2D eigenvalue weighted by molar-refractivity contribution is 0.133. The third-order valence-electron chi connectivity index (χ3n) is 4.63. The molecule has 5 nitrogen and oxygen atoms in total. The summed E-state index contributed by atoms with van der Waals surface area (Å²) >= 11 is 0. The maximum atomic E-state index is 4.42. The van der Waals surface area contributed by atoms with E-state index in [1.54, 1.807) is 0 Å². The number of rotatable bonds is 3. The fourth-order valence-corrected chi connectivity index (χ4v) is 3.29. The van der Waals surface area contributed by atoms with Crippen LogP contribution in [0.1, 0.15) is 24.2 Å². The van der Waals surface area contributed by atoms with Gasteiger partial charge >= 0.3 is 0 Å². The molecule has 0 radical (unpaired) electrons. The molecule has 106 valence electrons. The highest BCUT2D eigenvalue weighted by atomic mass is 15.2. The van der Waals surface area contributed by atoms with Crippen LogP contribution in [0.25, 0.3) is 0 Å². The first-order chi connectivity index (χ1) is 9.22. The van der Waals surface area contributed by atoms with Crippen molar-refractivity contribution in [2.75, 3.05) is 33.7 Å². The lowest BCUT2D eigenvalue weighted by atomic mass is 10.0. The molecule has 0 saturated carbocycles. The molecular formula is C14H25N5. The monoisotopic (exact) mass is 263 g/mol. The second-order valence-corrected chi connectivity index (χ2v) is 6.08. The minimum atomic E-state index is 0.542. The number of nitrogens with zero attached hydrogens (tertiary/aromatic N) is 3. The van der Waals surface area contributed by atoms with Crippen molar-refractivity contribution < 1.29 is 0 Å². The molecule has 3 rings (SSSR count). The number of hydrogen-bond donors (Lipinski definition) is 2. The zero-order chi connectivity index (χ0) is 13.2. The van der Waals surface area contributed by atoms with Gasteiger partial charge in [-0.25, -0.2) is 4.98 Å².